The third-order valence-corrected chi connectivity index (χ3v) is 29.4. The number of nitrogens with two attached hydrogens (primary N) is 5. The summed E-state index contributed by atoms with van der Waals surface area (Å²) in [6.45, 7) is 13.9. The van der Waals surface area contributed by atoms with Gasteiger partial charge >= 0.3 is 0 Å². The smallest absolute Gasteiger partial charge is 0.225 e. The van der Waals surface area contributed by atoms with E-state index >= 15 is 0 Å². The second-order valence-electron chi connectivity index (χ2n) is 31.4. The van der Waals surface area contributed by atoms with Gasteiger partial charge in [-0.1, -0.05) is 34.8 Å². The summed E-state index contributed by atoms with van der Waals surface area (Å²) >= 11 is 27.4. The number of carbonyl (C=O) groups excluding carboxylic acids is 5. The number of fused-ring (bicyclic) bond motifs is 5. The number of nitrogen functional groups attached to an aromatic ring is 5. The van der Waals surface area contributed by atoms with Crippen LogP contribution in [0, 0.1) is 31.6 Å². The molecule has 43 heteroatoms. The van der Waals surface area contributed by atoms with Crippen molar-refractivity contribution in [1.29, 1.82) is 0 Å². The summed E-state index contributed by atoms with van der Waals surface area (Å²) in [5, 5.41) is 53.4. The molecule has 15 aromatic heterocycles. The number of halogens is 3. The number of aromatic nitrogens is 15. The second kappa shape index (κ2) is 41.3. The molecule has 0 atom stereocenters. The minimum Gasteiger partial charge on any atom is -0.384 e. The van der Waals surface area contributed by atoms with Gasteiger partial charge in [0.15, 0.2) is 0 Å². The van der Waals surface area contributed by atoms with Crippen LogP contribution in [0.5, 0.6) is 0 Å². The van der Waals surface area contributed by atoms with E-state index in [9.17, 15) is 24.0 Å². The normalized spacial score (nSPS) is 12.8. The Kier molecular flexibility index (Phi) is 29.7. The van der Waals surface area contributed by atoms with Crippen molar-refractivity contribution in [1.82, 2.24) is 100 Å². The lowest BCUT2D eigenvalue weighted by Gasteiger charge is -2.18. The molecule has 672 valence electrons. The second-order valence-corrected chi connectivity index (χ2v) is 37.6. The molecule has 0 saturated heterocycles. The Hall–Kier alpha value is -12.2. The standard InChI is InChI=1S/C19H24N6OS.C18H22N6OS.C17H19ClN6OS.C16H19ClN6OS.C15H17ClN6OS/c1-11-16-18(27-17(11)13-6-8-22-24-13)14(10-15(20)23-16)21-7-3-9-25(2)19(26)12-4-5-12;1-10-15-17(26-16(10)12-5-6-21-23-12)13(9-14(19)22-15)20-7-8-24(2)18(25)11-3-4-11;1-24(17(25)9-2-3-9)7-6-20-11-8-12(19)22-14-13(18)15(26-16(11)14)10-4-5-21-23-10;1-9(24)23(2)7-3-5-19-11-8-12(18)21-14-13(17)15(25-16(11)14)10-4-6-20-22-10;1-8(23)22(2)6-5-18-10-7-11(17)20-13-12(16)14(24-15(10)13)9-3-4-19-21-9/h6,8,10,12H,3-5,7,9H2,1-2H3,(H,22,24)(H3,20,21,23);5-6,9,11H,3-4,7-8H2,1-2H3,(H,21,23)(H3,19,20,22);4-5,8-9H,2-3,6-7H2,1H3,(H,21,23)(H3,19,20,22);4,6,8H,3,5,7H2,1-2H3,(H,20,22)(H3,18,19,21);3-4,7H,5-6H2,1-2H3,(H,19,21)(H3,17,18,20). The quantitative estimate of drug-likeness (QED) is 0.0186. The van der Waals surface area contributed by atoms with Crippen LogP contribution in [0.3, 0.4) is 0 Å². The third-order valence-electron chi connectivity index (χ3n) is 21.6. The molecule has 0 aliphatic heterocycles. The summed E-state index contributed by atoms with van der Waals surface area (Å²) in [6, 6.07) is 18.6. The Balaban J connectivity index is 0.000000130. The summed E-state index contributed by atoms with van der Waals surface area (Å²) in [5.74, 6) is 3.79. The van der Waals surface area contributed by atoms with Gasteiger partial charge in [0.1, 0.15) is 45.6 Å². The van der Waals surface area contributed by atoms with E-state index in [-0.39, 0.29) is 47.3 Å². The molecule has 5 amide bonds. The SMILES string of the molecule is CC(=O)N(C)CCCNc1cc(N)nc2c(Cl)c(-c3ccn[nH]3)sc12.CC(=O)N(C)CCNc1cc(N)nc2c(Cl)c(-c3ccn[nH]3)sc12.CN(CCNc1cc(N)nc2c(Cl)c(-c3ccn[nH]3)sc12)C(=O)C1CC1.Cc1c(-c2ccn[nH]2)sc2c(NCCCN(C)C(=O)C3CC3)cc(N)nc12.Cc1c(-c2ccn[nH]2)sc2c(NCCN(C)C(=O)C3CC3)cc(N)nc12. The average molecular weight is 1890 g/mol. The molecule has 15 heterocycles. The zero-order chi connectivity index (χ0) is 90.7. The lowest BCUT2D eigenvalue weighted by Crippen LogP contribution is -2.32. The highest BCUT2D eigenvalue weighted by atomic mass is 35.5. The number of hydrogen-bond donors (Lipinski definition) is 15. The van der Waals surface area contributed by atoms with E-state index in [1.165, 1.54) is 34.0 Å². The van der Waals surface area contributed by atoms with Crippen LogP contribution in [0.2, 0.25) is 15.1 Å². The summed E-state index contributed by atoms with van der Waals surface area (Å²) in [5.41, 5.74) is 45.0. The molecule has 3 aliphatic carbocycles. The predicted octanol–water partition coefficient (Wildman–Crippen LogP) is 15.3. The van der Waals surface area contributed by atoms with Crippen LogP contribution in [-0.2, 0) is 24.0 Å². The van der Waals surface area contributed by atoms with Crippen LogP contribution >= 0.6 is 91.5 Å². The van der Waals surface area contributed by atoms with E-state index in [2.05, 4.69) is 109 Å². The maximum atomic E-state index is 12.1. The molecule has 0 bridgehead atoms. The number of H-pyrrole nitrogens is 5. The van der Waals surface area contributed by atoms with Crippen molar-refractivity contribution < 1.29 is 24.0 Å². The molecule has 3 fully saturated rings. The zero-order valence-corrected chi connectivity index (χ0v) is 78.3. The van der Waals surface area contributed by atoms with Crippen molar-refractivity contribution >= 4 is 230 Å². The van der Waals surface area contributed by atoms with Crippen LogP contribution in [0.1, 0.15) is 76.3 Å². The highest BCUT2D eigenvalue weighted by Crippen LogP contribution is 2.49. The van der Waals surface area contributed by atoms with Crippen LogP contribution < -0.4 is 55.3 Å². The Morgan fingerprint density at radius 2 is 0.578 bits per heavy atom. The van der Waals surface area contributed by atoms with Gasteiger partial charge in [-0.05, 0) is 107 Å². The molecule has 0 radical (unpaired) electrons. The number of rotatable bonds is 30. The Morgan fingerprint density at radius 3 is 0.844 bits per heavy atom. The number of carbonyl (C=O) groups is 5. The number of anilines is 10. The summed E-state index contributed by atoms with van der Waals surface area (Å²) in [4.78, 5) is 94.4. The van der Waals surface area contributed by atoms with Crippen LogP contribution in [-0.4, -0.2) is 231 Å². The molecule has 128 heavy (non-hydrogen) atoms. The number of nitrogens with one attached hydrogen (secondary N) is 10. The van der Waals surface area contributed by atoms with Crippen LogP contribution in [0.4, 0.5) is 57.5 Å². The van der Waals surface area contributed by atoms with Gasteiger partial charge < -0.3 is 79.8 Å². The molecule has 3 aliphatic rings. The number of aromatic amines is 5. The first-order valence-corrected chi connectivity index (χ1v) is 46.7. The van der Waals surface area contributed by atoms with E-state index in [1.54, 1.807) is 114 Å². The highest BCUT2D eigenvalue weighted by Gasteiger charge is 2.34. The first kappa shape index (κ1) is 92.0. The van der Waals surface area contributed by atoms with Crippen LogP contribution in [0.15, 0.2) is 91.6 Å². The number of hydrogen-bond acceptors (Lipinski definition) is 30. The third kappa shape index (κ3) is 22.1. The predicted molar refractivity (Wildman–Crippen MR) is 522 cm³/mol. The molecular formula is C85H101Cl3N30O5S5. The number of nitrogens with zero attached hydrogens (tertiary/aromatic N) is 15. The van der Waals surface area contributed by atoms with Gasteiger partial charge in [-0.25, -0.2) is 24.9 Å². The first-order chi connectivity index (χ1) is 61.6. The largest absolute Gasteiger partial charge is 0.384 e. The van der Waals surface area contributed by atoms with Gasteiger partial charge in [0, 0.05) is 194 Å². The Labute approximate surface area is 771 Å². The van der Waals surface area contributed by atoms with Crippen LogP contribution in [0.25, 0.3) is 104 Å². The van der Waals surface area contributed by atoms with E-state index in [0.717, 1.165) is 191 Å². The fraction of sp³-hybridized carbons (Fsp3) is 0.353. The van der Waals surface area contributed by atoms with E-state index in [1.807, 2.05) is 80.3 Å². The Morgan fingerprint density at radius 1 is 0.352 bits per heavy atom. The summed E-state index contributed by atoms with van der Waals surface area (Å²) in [7, 11) is 9.16. The fourth-order valence-electron chi connectivity index (χ4n) is 13.9. The maximum absolute atomic E-state index is 12.1. The number of aryl methyl sites for hydroxylation is 2. The molecule has 15 aromatic rings. The van der Waals surface area contributed by atoms with Crippen molar-refractivity contribution in [2.45, 2.75) is 79.1 Å². The zero-order valence-electron chi connectivity index (χ0n) is 71.9. The lowest BCUT2D eigenvalue weighted by molar-refractivity contribution is -0.131. The van der Waals surface area contributed by atoms with Gasteiger partial charge in [0.2, 0.25) is 29.5 Å². The molecule has 18 rings (SSSR count). The van der Waals surface area contributed by atoms with E-state index in [4.69, 9.17) is 63.5 Å². The van der Waals surface area contributed by atoms with Gasteiger partial charge in [0.25, 0.3) is 0 Å². The molecule has 3 saturated carbocycles. The monoisotopic (exact) mass is 1890 g/mol. The molecule has 0 aromatic carbocycles. The number of pyridine rings is 5. The molecule has 35 nitrogen and oxygen atoms in total. The van der Waals surface area contributed by atoms with Crippen molar-refractivity contribution in [3.05, 3.63) is 118 Å². The number of thiophene rings is 5. The summed E-state index contributed by atoms with van der Waals surface area (Å²) < 4.78 is 4.96. The maximum Gasteiger partial charge on any atom is 0.225 e. The number of amides is 5. The Bertz CT molecular complexity index is 6240. The minimum absolute atomic E-state index is 0.0249. The average Bonchev–Trinajstić information content (AvgIpc) is 1.64. The van der Waals surface area contributed by atoms with Crippen molar-refractivity contribution in [2.75, 3.05) is 156 Å². The minimum atomic E-state index is 0.0249. The van der Waals surface area contributed by atoms with Gasteiger partial charge in [-0.15, -0.1) is 56.7 Å². The van der Waals surface area contributed by atoms with E-state index < -0.39 is 0 Å². The summed E-state index contributed by atoms with van der Waals surface area (Å²) in [6.07, 6.45) is 16.4. The number of likely N-dealkylation sites (N-methyl/N-ethyl adjacent to an activating group) is 3. The molecule has 0 spiro atoms. The van der Waals surface area contributed by atoms with Gasteiger partial charge in [-0.2, -0.15) is 25.5 Å². The van der Waals surface area contributed by atoms with Crippen molar-refractivity contribution in [3.63, 3.8) is 0 Å². The topological polar surface area (TPSA) is 500 Å². The van der Waals surface area contributed by atoms with E-state index in [0.29, 0.717) is 113 Å². The van der Waals surface area contributed by atoms with Gasteiger partial charge in [-0.3, -0.25) is 49.5 Å². The molecule has 0 unspecified atom stereocenters. The lowest BCUT2D eigenvalue weighted by atomic mass is 10.2. The van der Waals surface area contributed by atoms with Crippen molar-refractivity contribution in [2.24, 2.45) is 17.8 Å². The van der Waals surface area contributed by atoms with Crippen molar-refractivity contribution in [3.8, 4) is 52.9 Å². The fourth-order valence-corrected chi connectivity index (χ4v) is 20.9. The van der Waals surface area contributed by atoms with Gasteiger partial charge in [0.05, 0.1) is 131 Å². The highest BCUT2D eigenvalue weighted by molar-refractivity contribution is 7.25. The first-order valence-electron chi connectivity index (χ1n) is 41.5. The molecular weight excluding hydrogens is 1790 g/mol. The molecule has 20 N–H and O–H groups in total.